The van der Waals surface area contributed by atoms with Gasteiger partial charge in [0, 0.05) is 32.2 Å². The third kappa shape index (κ3) is 3.85. The number of hydrogen-bond acceptors (Lipinski definition) is 3. The molecule has 0 bridgehead atoms. The lowest BCUT2D eigenvalue weighted by atomic mass is 10.00. The highest BCUT2D eigenvalue weighted by Gasteiger charge is 2.35. The number of aliphatic carboxylic acids is 1. The zero-order valence-corrected chi connectivity index (χ0v) is 13.0. The van der Waals surface area contributed by atoms with E-state index in [4.69, 9.17) is 0 Å². The minimum absolute atomic E-state index is 0.277. The first-order valence-electron chi connectivity index (χ1n) is 7.38. The Bertz CT molecular complexity index is 354. The van der Waals surface area contributed by atoms with Crippen LogP contribution in [0.5, 0.6) is 0 Å². The number of amides is 2. The van der Waals surface area contributed by atoms with Gasteiger partial charge in [-0.2, -0.15) is 0 Å². The van der Waals surface area contributed by atoms with E-state index in [1.165, 1.54) is 0 Å². The van der Waals surface area contributed by atoms with E-state index in [0.717, 1.165) is 19.5 Å². The summed E-state index contributed by atoms with van der Waals surface area (Å²) >= 11 is 0. The Morgan fingerprint density at radius 3 is 2.20 bits per heavy atom. The molecule has 1 saturated heterocycles. The summed E-state index contributed by atoms with van der Waals surface area (Å²) in [6.45, 7) is 10.6. The highest BCUT2D eigenvalue weighted by atomic mass is 16.4. The molecule has 0 saturated carbocycles. The summed E-state index contributed by atoms with van der Waals surface area (Å²) in [5.74, 6) is -0.994. The van der Waals surface area contributed by atoms with Gasteiger partial charge in [-0.25, -0.2) is 9.59 Å². The van der Waals surface area contributed by atoms with Gasteiger partial charge in [0.25, 0.3) is 0 Å². The molecule has 2 atom stereocenters. The molecule has 0 aliphatic carbocycles. The Balaban J connectivity index is 2.53. The maximum atomic E-state index is 12.2. The summed E-state index contributed by atoms with van der Waals surface area (Å²) in [6.07, 6.45) is 1.46. The third-order valence-electron chi connectivity index (χ3n) is 4.38. The van der Waals surface area contributed by atoms with Crippen LogP contribution in [-0.4, -0.2) is 64.7 Å². The maximum Gasteiger partial charge on any atom is 0.329 e. The lowest BCUT2D eigenvalue weighted by molar-refractivity contribution is -0.143. The van der Waals surface area contributed by atoms with E-state index in [-0.39, 0.29) is 6.03 Å². The Hall–Kier alpha value is -1.30. The molecule has 2 amide bonds. The summed E-state index contributed by atoms with van der Waals surface area (Å²) < 4.78 is 0. The maximum absolute atomic E-state index is 12.2. The molecule has 1 heterocycles. The second-order valence-electron chi connectivity index (χ2n) is 5.70. The van der Waals surface area contributed by atoms with Crippen molar-refractivity contribution in [1.82, 2.24) is 15.1 Å². The second-order valence-corrected chi connectivity index (χ2v) is 5.70. The van der Waals surface area contributed by atoms with Gasteiger partial charge in [-0.05, 0) is 26.7 Å². The van der Waals surface area contributed by atoms with Crippen molar-refractivity contribution in [2.75, 3.05) is 26.2 Å². The molecule has 1 rings (SSSR count). The third-order valence-corrected chi connectivity index (χ3v) is 4.38. The smallest absolute Gasteiger partial charge is 0.329 e. The van der Waals surface area contributed by atoms with Crippen LogP contribution in [0.15, 0.2) is 0 Å². The lowest BCUT2D eigenvalue weighted by Crippen LogP contribution is -2.59. The van der Waals surface area contributed by atoms with Crippen molar-refractivity contribution >= 4 is 12.0 Å². The molecule has 1 fully saturated rings. The predicted octanol–water partition coefficient (Wildman–Crippen LogP) is 1.37. The molecule has 0 aromatic carbocycles. The molecule has 2 N–H and O–H groups in total. The zero-order valence-electron chi connectivity index (χ0n) is 13.0. The zero-order chi connectivity index (χ0) is 15.3. The van der Waals surface area contributed by atoms with Crippen molar-refractivity contribution in [3.8, 4) is 0 Å². The average Bonchev–Trinajstić information content (AvgIpc) is 2.46. The van der Waals surface area contributed by atoms with Crippen LogP contribution in [0.3, 0.4) is 0 Å². The minimum atomic E-state index is -1.19. The average molecular weight is 285 g/mol. The van der Waals surface area contributed by atoms with Crippen molar-refractivity contribution in [2.24, 2.45) is 0 Å². The highest BCUT2D eigenvalue weighted by Crippen LogP contribution is 2.12. The number of carbonyl (C=O) groups excluding carboxylic acids is 1. The van der Waals surface area contributed by atoms with Gasteiger partial charge in [0.05, 0.1) is 0 Å². The number of nitrogens with zero attached hydrogens (tertiary/aromatic N) is 2. The van der Waals surface area contributed by atoms with Gasteiger partial charge in [-0.3, -0.25) is 4.90 Å². The summed E-state index contributed by atoms with van der Waals surface area (Å²) in [5.41, 5.74) is -1.19. The quantitative estimate of drug-likeness (QED) is 0.800. The normalized spacial score (nSPS) is 21.1. The van der Waals surface area contributed by atoms with E-state index in [0.29, 0.717) is 25.6 Å². The molecular formula is C14H27N3O3. The van der Waals surface area contributed by atoms with Crippen LogP contribution in [0.1, 0.15) is 40.5 Å². The number of urea groups is 1. The van der Waals surface area contributed by atoms with Crippen molar-refractivity contribution in [3.05, 3.63) is 0 Å². The summed E-state index contributed by atoms with van der Waals surface area (Å²) in [7, 11) is 0. The van der Waals surface area contributed by atoms with Crippen LogP contribution in [0, 0.1) is 0 Å². The summed E-state index contributed by atoms with van der Waals surface area (Å²) in [6, 6.07) is 0.251. The van der Waals surface area contributed by atoms with Gasteiger partial charge in [0.1, 0.15) is 5.54 Å². The highest BCUT2D eigenvalue weighted by molar-refractivity contribution is 5.85. The van der Waals surface area contributed by atoms with Crippen molar-refractivity contribution in [1.29, 1.82) is 0 Å². The predicted molar refractivity (Wildman–Crippen MR) is 77.8 cm³/mol. The van der Waals surface area contributed by atoms with Crippen molar-refractivity contribution < 1.29 is 14.7 Å². The molecule has 6 heteroatoms. The minimum Gasteiger partial charge on any atom is -0.480 e. The van der Waals surface area contributed by atoms with Crippen LogP contribution in [0.4, 0.5) is 4.79 Å². The first kappa shape index (κ1) is 16.8. The van der Waals surface area contributed by atoms with Crippen LogP contribution < -0.4 is 5.32 Å². The van der Waals surface area contributed by atoms with Gasteiger partial charge in [-0.1, -0.05) is 13.8 Å². The summed E-state index contributed by atoms with van der Waals surface area (Å²) in [5, 5.41) is 11.8. The number of carboxylic acids is 1. The number of carboxylic acid groups (broad SMARTS) is 1. The van der Waals surface area contributed by atoms with Gasteiger partial charge < -0.3 is 15.3 Å². The Kier molecular flexibility index (Phi) is 5.80. The van der Waals surface area contributed by atoms with Crippen LogP contribution >= 0.6 is 0 Å². The van der Waals surface area contributed by atoms with E-state index < -0.39 is 11.5 Å². The van der Waals surface area contributed by atoms with E-state index in [1.807, 2.05) is 0 Å². The molecule has 0 aromatic rings. The molecule has 0 aromatic heterocycles. The van der Waals surface area contributed by atoms with Crippen molar-refractivity contribution in [3.63, 3.8) is 0 Å². The van der Waals surface area contributed by atoms with Crippen LogP contribution in [0.25, 0.3) is 0 Å². The van der Waals surface area contributed by atoms with Gasteiger partial charge in [0.15, 0.2) is 0 Å². The van der Waals surface area contributed by atoms with Gasteiger partial charge in [-0.15, -0.1) is 0 Å². The van der Waals surface area contributed by atoms with Crippen LogP contribution in [-0.2, 0) is 4.79 Å². The Morgan fingerprint density at radius 2 is 1.80 bits per heavy atom. The molecule has 0 spiro atoms. The standard InChI is InChI=1S/C14H27N3O3/c1-5-11(3)16-7-9-17(10-8-16)13(20)15-14(4,6-2)12(18)19/h11H,5-10H2,1-4H3,(H,15,20)(H,18,19). The molecule has 6 nitrogen and oxygen atoms in total. The largest absolute Gasteiger partial charge is 0.480 e. The fourth-order valence-electron chi connectivity index (χ4n) is 2.23. The number of rotatable bonds is 5. The molecule has 1 aliphatic heterocycles. The first-order valence-corrected chi connectivity index (χ1v) is 7.38. The molecule has 2 unspecified atom stereocenters. The monoisotopic (exact) mass is 285 g/mol. The number of nitrogens with one attached hydrogen (secondary N) is 1. The van der Waals surface area contributed by atoms with E-state index in [2.05, 4.69) is 24.1 Å². The first-order chi connectivity index (χ1) is 9.34. The second kappa shape index (κ2) is 6.92. The van der Waals surface area contributed by atoms with Gasteiger partial charge in [0.2, 0.25) is 0 Å². The van der Waals surface area contributed by atoms with Crippen molar-refractivity contribution in [2.45, 2.75) is 52.1 Å². The SMILES string of the molecule is CCC(C)N1CCN(C(=O)NC(C)(CC)C(=O)O)CC1. The fraction of sp³-hybridized carbons (Fsp3) is 0.857. The van der Waals surface area contributed by atoms with E-state index in [9.17, 15) is 14.7 Å². The molecule has 1 aliphatic rings. The number of hydrogen-bond donors (Lipinski definition) is 2. The van der Waals surface area contributed by atoms with E-state index >= 15 is 0 Å². The number of carbonyl (C=O) groups is 2. The fourth-order valence-corrected chi connectivity index (χ4v) is 2.23. The topological polar surface area (TPSA) is 72.9 Å². The Morgan fingerprint density at radius 1 is 1.25 bits per heavy atom. The lowest BCUT2D eigenvalue weighted by Gasteiger charge is -2.39. The Labute approximate surface area is 121 Å². The van der Waals surface area contributed by atoms with E-state index in [1.54, 1.807) is 18.7 Å². The molecular weight excluding hydrogens is 258 g/mol. The van der Waals surface area contributed by atoms with Gasteiger partial charge >= 0.3 is 12.0 Å². The molecule has 116 valence electrons. The molecule has 20 heavy (non-hydrogen) atoms. The molecule has 0 radical (unpaired) electrons. The number of piperazine rings is 1. The van der Waals surface area contributed by atoms with Crippen LogP contribution in [0.2, 0.25) is 0 Å². The summed E-state index contributed by atoms with van der Waals surface area (Å²) in [4.78, 5) is 27.4.